The van der Waals surface area contributed by atoms with Gasteiger partial charge in [-0.05, 0) is 69.4 Å². The van der Waals surface area contributed by atoms with Crippen LogP contribution in [-0.2, 0) is 11.2 Å². The normalized spacial score (nSPS) is 20.2. The monoisotopic (exact) mass is 419 g/mol. The molecule has 0 aromatic heterocycles. The summed E-state index contributed by atoms with van der Waals surface area (Å²) in [5.74, 6) is 0.418. The van der Waals surface area contributed by atoms with Crippen LogP contribution in [0.3, 0.4) is 0 Å². The molecule has 0 fully saturated rings. The zero-order valence-corrected chi connectivity index (χ0v) is 18.3. The molecular formula is C23H27Cl2NO2. The number of fused-ring (bicyclic) bond motifs is 1. The molecule has 1 aliphatic rings. The van der Waals surface area contributed by atoms with Gasteiger partial charge >= 0.3 is 6.09 Å². The van der Waals surface area contributed by atoms with Gasteiger partial charge in [0.25, 0.3) is 0 Å². The first kappa shape index (κ1) is 21.0. The van der Waals surface area contributed by atoms with Crippen molar-refractivity contribution in [2.75, 3.05) is 0 Å². The Labute approximate surface area is 177 Å². The molecule has 0 heterocycles. The second kappa shape index (κ2) is 8.34. The standard InChI is InChI=1S/C23H27Cl2NO2/c1-14(28-22(27)26-23(2,3)4)17-11-15-7-5-6-8-18(15)19(12-17)16-9-10-20(24)21(25)13-16/h5-10,13-14,17,19H,11-12H2,1-4H3,(H,26,27)/t14?,17-,19+/m1/s1. The number of alkyl carbamates (subject to hydrolysis) is 1. The Morgan fingerprint density at radius 2 is 1.86 bits per heavy atom. The lowest BCUT2D eigenvalue weighted by molar-refractivity contribution is 0.0613. The molecule has 0 saturated heterocycles. The van der Waals surface area contributed by atoms with Crippen LogP contribution < -0.4 is 5.32 Å². The Balaban J connectivity index is 1.84. The largest absolute Gasteiger partial charge is 0.446 e. The van der Waals surface area contributed by atoms with Crippen LogP contribution in [0.25, 0.3) is 0 Å². The van der Waals surface area contributed by atoms with Crippen molar-refractivity contribution >= 4 is 29.3 Å². The molecule has 1 amide bonds. The van der Waals surface area contributed by atoms with E-state index < -0.39 is 0 Å². The minimum atomic E-state index is -0.370. The van der Waals surface area contributed by atoms with E-state index in [1.807, 2.05) is 45.9 Å². The van der Waals surface area contributed by atoms with Gasteiger partial charge in [-0.3, -0.25) is 0 Å². The number of nitrogens with one attached hydrogen (secondary N) is 1. The third-order valence-electron chi connectivity index (χ3n) is 5.23. The van der Waals surface area contributed by atoms with Gasteiger partial charge < -0.3 is 10.1 Å². The van der Waals surface area contributed by atoms with Gasteiger partial charge in [0.2, 0.25) is 0 Å². The summed E-state index contributed by atoms with van der Waals surface area (Å²) in [7, 11) is 0. The van der Waals surface area contributed by atoms with Crippen molar-refractivity contribution in [2.24, 2.45) is 5.92 Å². The smallest absolute Gasteiger partial charge is 0.407 e. The molecule has 3 nitrogen and oxygen atoms in total. The number of hydrogen-bond donors (Lipinski definition) is 1. The molecule has 0 radical (unpaired) electrons. The lowest BCUT2D eigenvalue weighted by Crippen LogP contribution is -2.43. The first-order valence-corrected chi connectivity index (χ1v) is 10.4. The Bertz CT molecular complexity index is 860. The van der Waals surface area contributed by atoms with E-state index in [-0.39, 0.29) is 29.6 Å². The summed E-state index contributed by atoms with van der Waals surface area (Å²) in [6, 6.07) is 14.3. The van der Waals surface area contributed by atoms with Gasteiger partial charge in [-0.2, -0.15) is 0 Å². The van der Waals surface area contributed by atoms with Crippen LogP contribution in [0.2, 0.25) is 10.0 Å². The van der Waals surface area contributed by atoms with Crippen LogP contribution in [0.1, 0.15) is 56.7 Å². The molecule has 2 aromatic rings. The van der Waals surface area contributed by atoms with Crippen molar-refractivity contribution in [3.05, 3.63) is 69.2 Å². The van der Waals surface area contributed by atoms with Crippen LogP contribution in [0, 0.1) is 5.92 Å². The van der Waals surface area contributed by atoms with Crippen molar-refractivity contribution in [1.29, 1.82) is 0 Å². The maximum Gasteiger partial charge on any atom is 0.407 e. The van der Waals surface area contributed by atoms with E-state index in [4.69, 9.17) is 27.9 Å². The molecule has 150 valence electrons. The van der Waals surface area contributed by atoms with Gasteiger partial charge in [-0.1, -0.05) is 53.5 Å². The summed E-state index contributed by atoms with van der Waals surface area (Å²) in [6.07, 6.45) is 1.21. The number of amides is 1. The highest BCUT2D eigenvalue weighted by molar-refractivity contribution is 6.42. The SMILES string of the molecule is CC(OC(=O)NC(C)(C)C)[C@@H]1Cc2ccccc2[C@H](c2ccc(Cl)c(Cl)c2)C1. The second-order valence-corrected chi connectivity index (χ2v) is 9.42. The quantitative estimate of drug-likeness (QED) is 0.608. The molecule has 0 bridgehead atoms. The third-order valence-corrected chi connectivity index (χ3v) is 5.97. The fourth-order valence-corrected chi connectivity index (χ4v) is 4.17. The van der Waals surface area contributed by atoms with E-state index in [9.17, 15) is 4.79 Å². The summed E-state index contributed by atoms with van der Waals surface area (Å²) >= 11 is 12.4. The Morgan fingerprint density at radius 3 is 2.54 bits per heavy atom. The first-order valence-electron chi connectivity index (χ1n) is 9.65. The van der Waals surface area contributed by atoms with E-state index in [0.717, 1.165) is 18.4 Å². The van der Waals surface area contributed by atoms with E-state index in [1.165, 1.54) is 11.1 Å². The second-order valence-electron chi connectivity index (χ2n) is 8.61. The third kappa shape index (κ3) is 5.01. The van der Waals surface area contributed by atoms with Crippen LogP contribution in [0.5, 0.6) is 0 Å². The van der Waals surface area contributed by atoms with Crippen molar-refractivity contribution in [2.45, 2.75) is 58.1 Å². The van der Waals surface area contributed by atoms with Crippen LogP contribution in [-0.4, -0.2) is 17.7 Å². The minimum Gasteiger partial charge on any atom is -0.446 e. The number of rotatable bonds is 3. The van der Waals surface area contributed by atoms with Crippen LogP contribution in [0.15, 0.2) is 42.5 Å². The van der Waals surface area contributed by atoms with Gasteiger partial charge in [-0.25, -0.2) is 4.79 Å². The van der Waals surface area contributed by atoms with E-state index in [0.29, 0.717) is 10.0 Å². The lowest BCUT2D eigenvalue weighted by Gasteiger charge is -2.35. The number of carbonyl (C=O) groups excluding carboxylic acids is 1. The molecule has 3 rings (SSSR count). The van der Waals surface area contributed by atoms with Gasteiger partial charge in [-0.15, -0.1) is 0 Å². The zero-order chi connectivity index (χ0) is 20.5. The molecule has 1 unspecified atom stereocenters. The highest BCUT2D eigenvalue weighted by Crippen LogP contribution is 2.42. The number of ether oxygens (including phenoxy) is 1. The summed E-state index contributed by atoms with van der Waals surface area (Å²) < 4.78 is 5.71. The maximum absolute atomic E-state index is 12.2. The predicted molar refractivity (Wildman–Crippen MR) is 115 cm³/mol. The average Bonchev–Trinajstić information content (AvgIpc) is 2.61. The highest BCUT2D eigenvalue weighted by atomic mass is 35.5. The van der Waals surface area contributed by atoms with Crippen molar-refractivity contribution in [1.82, 2.24) is 5.32 Å². The molecule has 0 spiro atoms. The number of carbonyl (C=O) groups is 1. The summed E-state index contributed by atoms with van der Waals surface area (Å²) in [6.45, 7) is 7.80. The summed E-state index contributed by atoms with van der Waals surface area (Å²) in [4.78, 5) is 12.2. The molecule has 3 atom stereocenters. The Kier molecular flexibility index (Phi) is 6.26. The minimum absolute atomic E-state index is 0.194. The van der Waals surface area contributed by atoms with Crippen LogP contribution >= 0.6 is 23.2 Å². The van der Waals surface area contributed by atoms with Crippen LogP contribution in [0.4, 0.5) is 4.79 Å². The Hall–Kier alpha value is -1.71. The Morgan fingerprint density at radius 1 is 1.14 bits per heavy atom. The average molecular weight is 420 g/mol. The van der Waals surface area contributed by atoms with Gasteiger partial charge in [0.15, 0.2) is 0 Å². The molecule has 1 N–H and O–H groups in total. The summed E-state index contributed by atoms with van der Waals surface area (Å²) in [5, 5.41) is 3.99. The fourth-order valence-electron chi connectivity index (χ4n) is 3.86. The molecule has 0 saturated carbocycles. The highest BCUT2D eigenvalue weighted by Gasteiger charge is 2.33. The van der Waals surface area contributed by atoms with Crippen molar-refractivity contribution in [3.63, 3.8) is 0 Å². The lowest BCUT2D eigenvalue weighted by atomic mass is 9.72. The summed E-state index contributed by atoms with van der Waals surface area (Å²) in [5.41, 5.74) is 3.42. The van der Waals surface area contributed by atoms with E-state index >= 15 is 0 Å². The number of benzene rings is 2. The molecule has 0 aliphatic heterocycles. The predicted octanol–water partition coefficient (Wildman–Crippen LogP) is 6.60. The molecule has 1 aliphatic carbocycles. The van der Waals surface area contributed by atoms with Crippen molar-refractivity contribution in [3.8, 4) is 0 Å². The topological polar surface area (TPSA) is 38.3 Å². The molecular weight excluding hydrogens is 393 g/mol. The number of hydrogen-bond acceptors (Lipinski definition) is 2. The van der Waals surface area contributed by atoms with Gasteiger partial charge in [0.1, 0.15) is 6.10 Å². The van der Waals surface area contributed by atoms with E-state index in [2.05, 4.69) is 29.6 Å². The molecule has 28 heavy (non-hydrogen) atoms. The van der Waals surface area contributed by atoms with Gasteiger partial charge in [0.05, 0.1) is 10.0 Å². The first-order chi connectivity index (χ1) is 13.1. The van der Waals surface area contributed by atoms with E-state index in [1.54, 1.807) is 0 Å². The van der Waals surface area contributed by atoms with Crippen molar-refractivity contribution < 1.29 is 9.53 Å². The molecule has 2 aromatic carbocycles. The maximum atomic E-state index is 12.2. The fraction of sp³-hybridized carbons (Fsp3) is 0.435. The van der Waals surface area contributed by atoms with Gasteiger partial charge in [0, 0.05) is 17.4 Å². The zero-order valence-electron chi connectivity index (χ0n) is 16.8. The molecule has 5 heteroatoms. The number of halogens is 2.